The summed E-state index contributed by atoms with van der Waals surface area (Å²) >= 11 is 0. The number of ketones is 1. The van der Waals surface area contributed by atoms with Gasteiger partial charge >= 0.3 is 0 Å². The van der Waals surface area contributed by atoms with Gasteiger partial charge in [-0.25, -0.2) is 0 Å². The number of Topliss-reactive ketones (excluding diaryl/α,β-unsaturated/α-hetero) is 1. The zero-order valence-electron chi connectivity index (χ0n) is 24.0. The molecule has 3 aromatic carbocycles. The molecule has 1 heterocycles. The van der Waals surface area contributed by atoms with E-state index < -0.39 is 17.7 Å². The number of ether oxygens (including phenoxy) is 2. The lowest BCUT2D eigenvalue weighted by Gasteiger charge is -2.28. The van der Waals surface area contributed by atoms with Crippen LogP contribution < -0.4 is 14.4 Å². The van der Waals surface area contributed by atoms with Gasteiger partial charge < -0.3 is 14.6 Å². The molecule has 0 aromatic heterocycles. The van der Waals surface area contributed by atoms with E-state index in [1.54, 1.807) is 32.4 Å². The monoisotopic (exact) mass is 527 g/mol. The van der Waals surface area contributed by atoms with Gasteiger partial charge in [0, 0.05) is 22.4 Å². The highest BCUT2D eigenvalue weighted by Gasteiger charge is 2.48. The summed E-state index contributed by atoms with van der Waals surface area (Å²) in [5, 5.41) is 11.7. The van der Waals surface area contributed by atoms with Crippen molar-refractivity contribution in [3.63, 3.8) is 0 Å². The number of benzene rings is 3. The molecular weight excluding hydrogens is 490 g/mol. The minimum Gasteiger partial charge on any atom is -0.507 e. The van der Waals surface area contributed by atoms with E-state index in [0.717, 1.165) is 11.1 Å². The summed E-state index contributed by atoms with van der Waals surface area (Å²) < 4.78 is 11.2. The number of aliphatic hydroxyl groups excluding tert-OH is 1. The highest BCUT2D eigenvalue weighted by molar-refractivity contribution is 6.51. The quantitative estimate of drug-likeness (QED) is 0.221. The van der Waals surface area contributed by atoms with Crippen LogP contribution in [0.5, 0.6) is 11.5 Å². The second kappa shape index (κ2) is 10.3. The van der Waals surface area contributed by atoms with Crippen molar-refractivity contribution in [2.75, 3.05) is 19.1 Å². The number of rotatable bonds is 5. The Morgan fingerprint density at radius 1 is 0.795 bits per heavy atom. The van der Waals surface area contributed by atoms with Crippen molar-refractivity contribution in [3.8, 4) is 11.5 Å². The molecule has 6 nitrogen and oxygen atoms in total. The van der Waals surface area contributed by atoms with Gasteiger partial charge in [0.1, 0.15) is 17.3 Å². The Kier molecular flexibility index (Phi) is 7.35. The number of amides is 1. The number of aliphatic hydroxyl groups is 1. The summed E-state index contributed by atoms with van der Waals surface area (Å²) in [5.74, 6) is -0.514. The van der Waals surface area contributed by atoms with Crippen LogP contribution in [0.4, 0.5) is 5.69 Å². The highest BCUT2D eigenvalue weighted by atomic mass is 16.5. The first-order valence-corrected chi connectivity index (χ1v) is 13.0. The predicted octanol–water partition coefficient (Wildman–Crippen LogP) is 6.93. The Bertz CT molecular complexity index is 1440. The molecule has 3 aromatic rings. The van der Waals surface area contributed by atoms with Gasteiger partial charge in [0.05, 0.1) is 25.8 Å². The number of anilines is 1. The summed E-state index contributed by atoms with van der Waals surface area (Å²) in [7, 11) is 3.14. The lowest BCUT2D eigenvalue weighted by Crippen LogP contribution is -2.29. The van der Waals surface area contributed by atoms with Gasteiger partial charge in [-0.15, -0.1) is 0 Å². The average Bonchev–Trinajstić information content (AvgIpc) is 3.16. The number of hydrogen-bond acceptors (Lipinski definition) is 5. The van der Waals surface area contributed by atoms with Gasteiger partial charge in [-0.1, -0.05) is 71.9 Å². The Labute approximate surface area is 230 Å². The molecule has 0 aliphatic carbocycles. The molecular formula is C33H37NO5. The molecule has 204 valence electrons. The highest BCUT2D eigenvalue weighted by Crippen LogP contribution is 2.45. The molecule has 1 saturated heterocycles. The van der Waals surface area contributed by atoms with Crippen LogP contribution in [0.25, 0.3) is 5.76 Å². The molecule has 0 bridgehead atoms. The average molecular weight is 528 g/mol. The zero-order chi connectivity index (χ0) is 28.7. The van der Waals surface area contributed by atoms with Gasteiger partial charge in [0.2, 0.25) is 0 Å². The van der Waals surface area contributed by atoms with Crippen molar-refractivity contribution in [2.45, 2.75) is 58.4 Å². The van der Waals surface area contributed by atoms with Crippen LogP contribution in [0, 0.1) is 0 Å². The van der Waals surface area contributed by atoms with Gasteiger partial charge in [-0.05, 0) is 52.8 Å². The number of hydrogen-bond donors (Lipinski definition) is 1. The largest absolute Gasteiger partial charge is 0.507 e. The molecule has 1 unspecified atom stereocenters. The van der Waals surface area contributed by atoms with Crippen LogP contribution in [0.15, 0.2) is 72.3 Å². The van der Waals surface area contributed by atoms with Crippen molar-refractivity contribution in [3.05, 3.63) is 94.6 Å². The van der Waals surface area contributed by atoms with Gasteiger partial charge in [0.25, 0.3) is 11.7 Å². The molecule has 39 heavy (non-hydrogen) atoms. The number of carbonyl (C=O) groups excluding carboxylic acids is 2. The van der Waals surface area contributed by atoms with E-state index in [-0.39, 0.29) is 22.2 Å². The lowest BCUT2D eigenvalue weighted by molar-refractivity contribution is -0.132. The van der Waals surface area contributed by atoms with E-state index in [0.29, 0.717) is 28.3 Å². The van der Waals surface area contributed by atoms with Crippen LogP contribution in [-0.4, -0.2) is 31.0 Å². The Morgan fingerprint density at radius 3 is 1.97 bits per heavy atom. The molecule has 1 aliphatic heterocycles. The molecule has 1 aliphatic rings. The Balaban J connectivity index is 1.97. The predicted molar refractivity (Wildman–Crippen MR) is 155 cm³/mol. The fraction of sp³-hybridized carbons (Fsp3) is 0.333. The van der Waals surface area contributed by atoms with Crippen LogP contribution in [0.2, 0.25) is 0 Å². The molecule has 0 radical (unpaired) electrons. The van der Waals surface area contributed by atoms with Gasteiger partial charge in [-0.2, -0.15) is 0 Å². The number of carbonyl (C=O) groups is 2. The van der Waals surface area contributed by atoms with Crippen LogP contribution >= 0.6 is 0 Å². The first kappa shape index (κ1) is 28.0. The lowest BCUT2D eigenvalue weighted by atomic mass is 9.84. The van der Waals surface area contributed by atoms with Crippen molar-refractivity contribution >= 4 is 23.1 Å². The van der Waals surface area contributed by atoms with E-state index in [1.807, 2.05) is 69.3 Å². The van der Waals surface area contributed by atoms with Crippen molar-refractivity contribution in [2.24, 2.45) is 0 Å². The van der Waals surface area contributed by atoms with Gasteiger partial charge in [0.15, 0.2) is 0 Å². The summed E-state index contributed by atoms with van der Waals surface area (Å²) in [4.78, 5) is 28.7. The standard InChI is InChI=1S/C33H37NO5/c1-32(2,3)21-14-16-22(17-15-21)34-28(23-11-9-10-12-25(23)38-7)27(30(36)31(34)37)29(35)20-13-18-26(39-8)24(19-20)33(4,5)6/h9-19,28,35H,1-8H3/b29-27+. The maximum absolute atomic E-state index is 13.6. The van der Waals surface area contributed by atoms with E-state index in [9.17, 15) is 14.7 Å². The Morgan fingerprint density at radius 2 is 1.41 bits per heavy atom. The number of methoxy groups -OCH3 is 2. The van der Waals surface area contributed by atoms with Gasteiger partial charge in [-0.3, -0.25) is 14.5 Å². The third kappa shape index (κ3) is 5.16. The van der Waals surface area contributed by atoms with Crippen molar-refractivity contribution in [1.82, 2.24) is 0 Å². The zero-order valence-corrected chi connectivity index (χ0v) is 24.0. The summed E-state index contributed by atoms with van der Waals surface area (Å²) in [6.07, 6.45) is 0. The summed E-state index contributed by atoms with van der Waals surface area (Å²) in [6, 6.07) is 19.3. The van der Waals surface area contributed by atoms with Crippen LogP contribution in [-0.2, 0) is 20.4 Å². The summed E-state index contributed by atoms with van der Waals surface area (Å²) in [5.41, 5.74) is 3.21. The minimum absolute atomic E-state index is 0.00873. The van der Waals surface area contributed by atoms with E-state index in [1.165, 1.54) is 4.90 Å². The normalized spacial score (nSPS) is 17.4. The number of nitrogens with zero attached hydrogens (tertiary/aromatic N) is 1. The van der Waals surface area contributed by atoms with Crippen molar-refractivity contribution < 1.29 is 24.2 Å². The topological polar surface area (TPSA) is 76.1 Å². The molecule has 6 heteroatoms. The van der Waals surface area contributed by atoms with E-state index >= 15 is 0 Å². The third-order valence-corrected chi connectivity index (χ3v) is 7.17. The second-order valence-electron chi connectivity index (χ2n) is 11.9. The second-order valence-corrected chi connectivity index (χ2v) is 11.9. The Hall–Kier alpha value is -4.06. The fourth-order valence-electron chi connectivity index (χ4n) is 5.00. The smallest absolute Gasteiger partial charge is 0.300 e. The van der Waals surface area contributed by atoms with E-state index in [2.05, 4.69) is 20.8 Å². The maximum atomic E-state index is 13.6. The third-order valence-electron chi connectivity index (χ3n) is 7.17. The van der Waals surface area contributed by atoms with E-state index in [4.69, 9.17) is 9.47 Å². The minimum atomic E-state index is -0.887. The van der Waals surface area contributed by atoms with Crippen molar-refractivity contribution in [1.29, 1.82) is 0 Å². The molecule has 1 amide bonds. The molecule has 1 fully saturated rings. The molecule has 1 atom stereocenters. The molecule has 0 saturated carbocycles. The summed E-state index contributed by atoms with van der Waals surface area (Å²) in [6.45, 7) is 12.5. The SMILES string of the molecule is COc1ccccc1C1/C(=C(\O)c2ccc(OC)c(C(C)(C)C)c2)C(=O)C(=O)N1c1ccc(C(C)(C)C)cc1. The first-order valence-electron chi connectivity index (χ1n) is 13.0. The van der Waals surface area contributed by atoms with Crippen LogP contribution in [0.3, 0.4) is 0 Å². The molecule has 0 spiro atoms. The van der Waals surface area contributed by atoms with Crippen LogP contribution in [0.1, 0.15) is 69.8 Å². The maximum Gasteiger partial charge on any atom is 0.300 e. The first-order chi connectivity index (χ1) is 18.3. The molecule has 1 N–H and O–H groups in total. The molecule has 4 rings (SSSR count). The fourth-order valence-corrected chi connectivity index (χ4v) is 5.00. The number of para-hydroxylation sites is 1.